The Kier molecular flexibility index (Phi) is 4.63. The number of aryl methyl sites for hydroxylation is 1. The third-order valence-electron chi connectivity index (χ3n) is 2.34. The fourth-order valence-corrected chi connectivity index (χ4v) is 1.73. The number of benzene rings is 1. The van der Waals surface area contributed by atoms with Gasteiger partial charge in [0.05, 0.1) is 6.10 Å². The van der Waals surface area contributed by atoms with Crippen molar-refractivity contribution in [2.45, 2.75) is 25.4 Å². The average Bonchev–Trinajstić information content (AvgIpc) is 2.20. The number of aliphatic hydroxyl groups excluding tert-OH is 1. The molecule has 78 valence electrons. The Morgan fingerprint density at radius 2 is 1.93 bits per heavy atom. The lowest BCUT2D eigenvalue weighted by atomic mass is 9.90. The van der Waals surface area contributed by atoms with Crippen molar-refractivity contribution >= 4 is 0 Å². The fraction of sp³-hybridized carbons (Fsp3) is 0.500. The van der Waals surface area contributed by atoms with Crippen LogP contribution in [0.3, 0.4) is 0 Å². The van der Waals surface area contributed by atoms with E-state index in [4.69, 9.17) is 0 Å². The van der Waals surface area contributed by atoms with Gasteiger partial charge in [0.15, 0.2) is 0 Å². The zero-order valence-electron chi connectivity index (χ0n) is 8.86. The van der Waals surface area contributed by atoms with E-state index in [-0.39, 0.29) is 6.10 Å². The number of hydrogen-bond acceptors (Lipinski definition) is 2. The lowest BCUT2D eigenvalue weighted by molar-refractivity contribution is 0.156. The summed E-state index contributed by atoms with van der Waals surface area (Å²) in [5.74, 6) is 0. The molecule has 0 bridgehead atoms. The van der Waals surface area contributed by atoms with E-state index >= 15 is 0 Å². The van der Waals surface area contributed by atoms with Crippen molar-refractivity contribution in [1.82, 2.24) is 0 Å². The van der Waals surface area contributed by atoms with Gasteiger partial charge in [0, 0.05) is 14.2 Å². The first-order chi connectivity index (χ1) is 6.79. The van der Waals surface area contributed by atoms with Crippen LogP contribution in [0.2, 0.25) is 0 Å². The van der Waals surface area contributed by atoms with Crippen LogP contribution in [0, 0.1) is 0 Å². The molecule has 1 aromatic carbocycles. The van der Waals surface area contributed by atoms with Crippen LogP contribution in [0.1, 0.15) is 30.1 Å². The molecule has 0 spiro atoms. The van der Waals surface area contributed by atoms with E-state index < -0.39 is 0 Å². The Morgan fingerprint density at radius 3 is 2.57 bits per heavy atom. The molecule has 0 aliphatic heterocycles. The summed E-state index contributed by atoms with van der Waals surface area (Å²) in [6.07, 6.45) is 2.97. The van der Waals surface area contributed by atoms with Gasteiger partial charge in [-0.1, -0.05) is 24.3 Å². The van der Waals surface area contributed by atoms with Crippen LogP contribution in [-0.4, -0.2) is 19.3 Å². The summed E-state index contributed by atoms with van der Waals surface area (Å²) in [6, 6.07) is 8.17. The van der Waals surface area contributed by atoms with Crippen molar-refractivity contribution in [3.05, 3.63) is 35.4 Å². The monoisotopic (exact) mass is 194 g/mol. The molecule has 14 heavy (non-hydrogen) atoms. The van der Waals surface area contributed by atoms with Crippen LogP contribution in [0.15, 0.2) is 24.3 Å². The molecule has 1 aliphatic carbocycles. The number of methoxy groups -OCH3 is 1. The number of fused-ring (bicyclic) bond motifs is 1. The molecule has 1 aromatic rings. The molecule has 1 N–H and O–H groups in total. The topological polar surface area (TPSA) is 29.5 Å². The van der Waals surface area contributed by atoms with Crippen LogP contribution in [0.5, 0.6) is 0 Å². The zero-order chi connectivity index (χ0) is 10.4. The van der Waals surface area contributed by atoms with Crippen molar-refractivity contribution in [1.29, 1.82) is 0 Å². The summed E-state index contributed by atoms with van der Waals surface area (Å²) in [7, 11) is 3.25. The molecule has 0 saturated heterocycles. The minimum absolute atomic E-state index is 0.208. The van der Waals surface area contributed by atoms with Crippen LogP contribution in [0.4, 0.5) is 0 Å². The van der Waals surface area contributed by atoms with Gasteiger partial charge in [-0.2, -0.15) is 0 Å². The van der Waals surface area contributed by atoms with Crippen LogP contribution in [0.25, 0.3) is 0 Å². The molecular formula is C12H18O2. The highest BCUT2D eigenvalue weighted by atomic mass is 16.4. The number of aliphatic hydroxyl groups is 1. The molecular weight excluding hydrogens is 176 g/mol. The first kappa shape index (κ1) is 11.2. The van der Waals surface area contributed by atoms with Gasteiger partial charge >= 0.3 is 0 Å². The maximum absolute atomic E-state index is 9.56. The minimum Gasteiger partial charge on any atom is -0.388 e. The molecule has 1 aliphatic rings. The number of ether oxygens (including phenoxy) is 1. The standard InChI is InChI=1S/C10H12O.C2H6O/c11-10-7-3-5-8-4-1-2-6-9(8)10;1-3-2/h1-2,4,6,10-11H,3,5,7H2;1-2H3. The predicted molar refractivity (Wildman–Crippen MR) is 57.3 cm³/mol. The highest BCUT2D eigenvalue weighted by molar-refractivity contribution is 5.30. The second kappa shape index (κ2) is 5.78. The maximum atomic E-state index is 9.56. The van der Waals surface area contributed by atoms with E-state index in [1.165, 1.54) is 5.56 Å². The Hall–Kier alpha value is -0.860. The van der Waals surface area contributed by atoms with Gasteiger partial charge in [-0.15, -0.1) is 0 Å². The molecule has 1 atom stereocenters. The summed E-state index contributed by atoms with van der Waals surface area (Å²) in [4.78, 5) is 0. The van der Waals surface area contributed by atoms with Gasteiger partial charge in [-0.3, -0.25) is 0 Å². The average molecular weight is 194 g/mol. The number of rotatable bonds is 0. The Morgan fingerprint density at radius 1 is 1.29 bits per heavy atom. The minimum atomic E-state index is -0.208. The largest absolute Gasteiger partial charge is 0.388 e. The van der Waals surface area contributed by atoms with Gasteiger partial charge in [0.1, 0.15) is 0 Å². The first-order valence-electron chi connectivity index (χ1n) is 4.95. The van der Waals surface area contributed by atoms with Crippen LogP contribution in [-0.2, 0) is 11.2 Å². The quantitative estimate of drug-likeness (QED) is 0.686. The van der Waals surface area contributed by atoms with Crippen LogP contribution >= 0.6 is 0 Å². The van der Waals surface area contributed by atoms with E-state index in [1.54, 1.807) is 14.2 Å². The zero-order valence-corrected chi connectivity index (χ0v) is 8.86. The highest BCUT2D eigenvalue weighted by Crippen LogP contribution is 2.28. The molecule has 0 aromatic heterocycles. The molecule has 1 unspecified atom stereocenters. The number of hydrogen-bond donors (Lipinski definition) is 1. The SMILES string of the molecule is COC.OC1CCCc2ccccc21. The van der Waals surface area contributed by atoms with Gasteiger partial charge in [0.2, 0.25) is 0 Å². The van der Waals surface area contributed by atoms with E-state index in [0.717, 1.165) is 24.8 Å². The van der Waals surface area contributed by atoms with Crippen molar-refractivity contribution in [3.63, 3.8) is 0 Å². The summed E-state index contributed by atoms with van der Waals surface area (Å²) >= 11 is 0. The predicted octanol–water partition coefficient (Wildman–Crippen LogP) is 2.32. The van der Waals surface area contributed by atoms with Crippen molar-refractivity contribution < 1.29 is 9.84 Å². The van der Waals surface area contributed by atoms with Gasteiger partial charge in [-0.05, 0) is 30.4 Å². The van der Waals surface area contributed by atoms with Gasteiger partial charge < -0.3 is 9.84 Å². The lowest BCUT2D eigenvalue weighted by Crippen LogP contribution is -2.08. The van der Waals surface area contributed by atoms with Gasteiger partial charge in [0.25, 0.3) is 0 Å². The second-order valence-corrected chi connectivity index (χ2v) is 3.52. The van der Waals surface area contributed by atoms with E-state index in [2.05, 4.69) is 10.8 Å². The summed E-state index contributed by atoms with van der Waals surface area (Å²) in [5.41, 5.74) is 2.46. The molecule has 0 amide bonds. The van der Waals surface area contributed by atoms with Crippen LogP contribution < -0.4 is 0 Å². The third kappa shape index (κ3) is 2.82. The van der Waals surface area contributed by atoms with E-state index in [9.17, 15) is 5.11 Å². The van der Waals surface area contributed by atoms with E-state index in [0.29, 0.717) is 0 Å². The molecule has 2 heteroatoms. The molecule has 0 heterocycles. The van der Waals surface area contributed by atoms with Crippen molar-refractivity contribution in [2.24, 2.45) is 0 Å². The summed E-state index contributed by atoms with van der Waals surface area (Å²) in [6.45, 7) is 0. The second-order valence-electron chi connectivity index (χ2n) is 3.52. The lowest BCUT2D eigenvalue weighted by Gasteiger charge is -2.20. The molecule has 0 fully saturated rings. The summed E-state index contributed by atoms with van der Waals surface area (Å²) in [5, 5.41) is 9.56. The molecule has 0 saturated carbocycles. The molecule has 2 nitrogen and oxygen atoms in total. The van der Waals surface area contributed by atoms with Crippen molar-refractivity contribution in [3.8, 4) is 0 Å². The molecule has 0 radical (unpaired) electrons. The third-order valence-corrected chi connectivity index (χ3v) is 2.34. The maximum Gasteiger partial charge on any atom is 0.0792 e. The van der Waals surface area contributed by atoms with Gasteiger partial charge in [-0.25, -0.2) is 0 Å². The molecule has 2 rings (SSSR count). The smallest absolute Gasteiger partial charge is 0.0792 e. The van der Waals surface area contributed by atoms with Crippen molar-refractivity contribution in [2.75, 3.05) is 14.2 Å². The van der Waals surface area contributed by atoms with E-state index in [1.807, 2.05) is 18.2 Å². The highest BCUT2D eigenvalue weighted by Gasteiger charge is 2.15. The fourth-order valence-electron chi connectivity index (χ4n) is 1.73. The Bertz CT molecular complexity index is 271. The Labute approximate surface area is 85.5 Å². The Balaban J connectivity index is 0.000000293. The first-order valence-corrected chi connectivity index (χ1v) is 4.95. The normalized spacial score (nSPS) is 19.2. The summed E-state index contributed by atoms with van der Waals surface area (Å²) < 4.78 is 4.25.